The van der Waals surface area contributed by atoms with E-state index in [0.717, 1.165) is 6.42 Å². The van der Waals surface area contributed by atoms with Crippen LogP contribution in [0, 0.1) is 11.8 Å². The Balaban J connectivity index is 2.41. The Morgan fingerprint density at radius 2 is 2.05 bits per heavy atom. The molecule has 20 heavy (non-hydrogen) atoms. The van der Waals surface area contributed by atoms with Crippen molar-refractivity contribution in [2.75, 3.05) is 33.4 Å². The second-order valence-electron chi connectivity index (χ2n) is 5.52. The van der Waals surface area contributed by atoms with Gasteiger partial charge in [0.2, 0.25) is 0 Å². The number of urea groups is 1. The van der Waals surface area contributed by atoms with Crippen molar-refractivity contribution in [1.29, 1.82) is 0 Å². The summed E-state index contributed by atoms with van der Waals surface area (Å²) in [5, 5.41) is 11.7. The van der Waals surface area contributed by atoms with E-state index in [-0.39, 0.29) is 19.1 Å². The van der Waals surface area contributed by atoms with E-state index in [0.29, 0.717) is 25.0 Å². The first kappa shape index (κ1) is 16.8. The highest BCUT2D eigenvalue weighted by Crippen LogP contribution is 2.28. The number of nitrogens with one attached hydrogen (secondary N) is 1. The van der Waals surface area contributed by atoms with E-state index in [1.165, 1.54) is 31.3 Å². The predicted molar refractivity (Wildman–Crippen MR) is 75.6 cm³/mol. The van der Waals surface area contributed by atoms with E-state index in [1.807, 2.05) is 0 Å². The number of nitrogens with zero attached hydrogens (tertiary/aromatic N) is 1. The van der Waals surface area contributed by atoms with Crippen LogP contribution in [0.2, 0.25) is 0 Å². The van der Waals surface area contributed by atoms with Crippen LogP contribution < -0.4 is 5.32 Å². The third-order valence-electron chi connectivity index (χ3n) is 3.98. The van der Waals surface area contributed by atoms with Crippen molar-refractivity contribution in [3.05, 3.63) is 0 Å². The van der Waals surface area contributed by atoms with Crippen molar-refractivity contribution in [2.45, 2.75) is 32.6 Å². The lowest BCUT2D eigenvalue weighted by Crippen LogP contribution is -2.46. The molecule has 116 valence electrons. The molecule has 1 fully saturated rings. The molecule has 0 aliphatic heterocycles. The van der Waals surface area contributed by atoms with Gasteiger partial charge >= 0.3 is 12.0 Å². The maximum absolute atomic E-state index is 12.0. The molecule has 2 unspecified atom stereocenters. The van der Waals surface area contributed by atoms with Crippen molar-refractivity contribution < 1.29 is 19.4 Å². The van der Waals surface area contributed by atoms with E-state index in [2.05, 4.69) is 12.2 Å². The number of hydrogen-bond acceptors (Lipinski definition) is 3. The average Bonchev–Trinajstić information content (AvgIpc) is 2.41. The van der Waals surface area contributed by atoms with Gasteiger partial charge in [-0.05, 0) is 18.3 Å². The third kappa shape index (κ3) is 5.77. The fourth-order valence-electron chi connectivity index (χ4n) is 2.64. The maximum Gasteiger partial charge on any atom is 0.323 e. The highest BCUT2D eigenvalue weighted by molar-refractivity contribution is 5.80. The molecule has 0 aromatic carbocycles. The van der Waals surface area contributed by atoms with Crippen LogP contribution in [0.3, 0.4) is 0 Å². The van der Waals surface area contributed by atoms with Crippen molar-refractivity contribution >= 4 is 12.0 Å². The minimum atomic E-state index is -1.01. The molecule has 0 bridgehead atoms. The van der Waals surface area contributed by atoms with E-state index in [1.54, 1.807) is 0 Å². The van der Waals surface area contributed by atoms with Gasteiger partial charge in [0.1, 0.15) is 6.54 Å². The first-order valence-electron chi connectivity index (χ1n) is 7.28. The number of carboxylic acid groups (broad SMARTS) is 1. The monoisotopic (exact) mass is 286 g/mol. The molecule has 0 aromatic rings. The predicted octanol–water partition coefficient (Wildman–Crippen LogP) is 1.56. The van der Waals surface area contributed by atoms with Crippen LogP contribution in [0.4, 0.5) is 4.79 Å². The van der Waals surface area contributed by atoms with Crippen LogP contribution in [-0.2, 0) is 9.53 Å². The molecule has 2 N–H and O–H groups in total. The lowest BCUT2D eigenvalue weighted by molar-refractivity contribution is -0.137. The zero-order chi connectivity index (χ0) is 15.0. The Morgan fingerprint density at radius 3 is 2.65 bits per heavy atom. The van der Waals surface area contributed by atoms with Crippen LogP contribution in [0.25, 0.3) is 0 Å². The molecule has 1 saturated carbocycles. The molecule has 1 aliphatic rings. The van der Waals surface area contributed by atoms with Crippen LogP contribution in [-0.4, -0.2) is 55.4 Å². The second-order valence-corrected chi connectivity index (χ2v) is 5.52. The normalized spacial score (nSPS) is 22.3. The topological polar surface area (TPSA) is 78.9 Å². The summed E-state index contributed by atoms with van der Waals surface area (Å²) in [4.78, 5) is 24.1. The van der Waals surface area contributed by atoms with Crippen LogP contribution >= 0.6 is 0 Å². The molecule has 2 amide bonds. The standard InChI is InChI=1S/C14H26N2O4/c1-11-5-3-4-6-12(11)9-15-14(19)16(7-8-20-2)10-13(17)18/h11-12H,3-10H2,1-2H3,(H,15,19)(H,17,18). The van der Waals surface area contributed by atoms with Gasteiger partial charge in [-0.25, -0.2) is 4.79 Å². The van der Waals surface area contributed by atoms with E-state index >= 15 is 0 Å². The molecule has 0 radical (unpaired) electrons. The fourth-order valence-corrected chi connectivity index (χ4v) is 2.64. The summed E-state index contributed by atoms with van der Waals surface area (Å²) < 4.78 is 4.90. The lowest BCUT2D eigenvalue weighted by atomic mass is 9.80. The van der Waals surface area contributed by atoms with Gasteiger partial charge in [0, 0.05) is 20.2 Å². The number of carbonyl (C=O) groups excluding carboxylic acids is 1. The van der Waals surface area contributed by atoms with Crippen molar-refractivity contribution in [1.82, 2.24) is 10.2 Å². The van der Waals surface area contributed by atoms with Gasteiger partial charge in [-0.15, -0.1) is 0 Å². The van der Waals surface area contributed by atoms with E-state index in [4.69, 9.17) is 9.84 Å². The Kier molecular flexibility index (Phi) is 7.36. The largest absolute Gasteiger partial charge is 0.480 e. The second kappa shape index (κ2) is 8.79. The number of carboxylic acids is 1. The number of amides is 2. The smallest absolute Gasteiger partial charge is 0.323 e. The summed E-state index contributed by atoms with van der Waals surface area (Å²) in [6.07, 6.45) is 4.83. The third-order valence-corrected chi connectivity index (χ3v) is 3.98. The number of aliphatic carboxylic acids is 1. The average molecular weight is 286 g/mol. The van der Waals surface area contributed by atoms with Gasteiger partial charge in [-0.3, -0.25) is 4.79 Å². The summed E-state index contributed by atoms with van der Waals surface area (Å²) in [5.74, 6) is 0.111. The van der Waals surface area contributed by atoms with Gasteiger partial charge in [0.05, 0.1) is 6.61 Å². The zero-order valence-electron chi connectivity index (χ0n) is 12.4. The molecule has 6 nitrogen and oxygen atoms in total. The SMILES string of the molecule is COCCN(CC(=O)O)C(=O)NCC1CCCCC1C. The van der Waals surface area contributed by atoms with Crippen molar-refractivity contribution in [2.24, 2.45) is 11.8 Å². The maximum atomic E-state index is 12.0. The lowest BCUT2D eigenvalue weighted by Gasteiger charge is -2.30. The van der Waals surface area contributed by atoms with Crippen molar-refractivity contribution in [3.63, 3.8) is 0 Å². The first-order valence-corrected chi connectivity index (χ1v) is 7.28. The van der Waals surface area contributed by atoms with Crippen molar-refractivity contribution in [3.8, 4) is 0 Å². The number of carbonyl (C=O) groups is 2. The van der Waals surface area contributed by atoms with E-state index < -0.39 is 5.97 Å². The molecule has 0 aromatic heterocycles. The molecular formula is C14H26N2O4. The number of ether oxygens (including phenoxy) is 1. The highest BCUT2D eigenvalue weighted by Gasteiger charge is 2.23. The fraction of sp³-hybridized carbons (Fsp3) is 0.857. The molecule has 0 heterocycles. The zero-order valence-corrected chi connectivity index (χ0v) is 12.4. The quantitative estimate of drug-likeness (QED) is 0.744. The summed E-state index contributed by atoms with van der Waals surface area (Å²) in [7, 11) is 1.53. The molecule has 1 aliphatic carbocycles. The number of rotatable bonds is 7. The minimum absolute atomic E-state index is 0.287. The summed E-state index contributed by atoms with van der Waals surface area (Å²) in [5.41, 5.74) is 0. The van der Waals surface area contributed by atoms with Crippen LogP contribution in [0.15, 0.2) is 0 Å². The number of methoxy groups -OCH3 is 1. The molecule has 2 atom stereocenters. The van der Waals surface area contributed by atoms with Gasteiger partial charge < -0.3 is 20.1 Å². The van der Waals surface area contributed by atoms with E-state index in [9.17, 15) is 9.59 Å². The Hall–Kier alpha value is -1.30. The highest BCUT2D eigenvalue weighted by atomic mass is 16.5. The Morgan fingerprint density at radius 1 is 1.35 bits per heavy atom. The van der Waals surface area contributed by atoms with Gasteiger partial charge in [0.25, 0.3) is 0 Å². The molecule has 1 rings (SSSR count). The first-order chi connectivity index (χ1) is 9.54. The summed E-state index contributed by atoms with van der Waals surface area (Å²) in [6, 6.07) is -0.317. The molecule has 0 spiro atoms. The van der Waals surface area contributed by atoms with Crippen LogP contribution in [0.1, 0.15) is 32.6 Å². The number of hydrogen-bond donors (Lipinski definition) is 2. The minimum Gasteiger partial charge on any atom is -0.480 e. The molecule has 6 heteroatoms. The van der Waals surface area contributed by atoms with Crippen LogP contribution in [0.5, 0.6) is 0 Å². The van der Waals surface area contributed by atoms with Gasteiger partial charge in [-0.1, -0.05) is 26.2 Å². The Bertz CT molecular complexity index is 322. The summed E-state index contributed by atoms with van der Waals surface area (Å²) in [6.45, 7) is 3.17. The summed E-state index contributed by atoms with van der Waals surface area (Å²) >= 11 is 0. The molecule has 0 saturated heterocycles. The Labute approximate surface area is 120 Å². The molecular weight excluding hydrogens is 260 g/mol. The van der Waals surface area contributed by atoms with Gasteiger partial charge in [0.15, 0.2) is 0 Å². The van der Waals surface area contributed by atoms with Gasteiger partial charge in [-0.2, -0.15) is 0 Å².